The average molecular weight is 283 g/mol. The zero-order valence-corrected chi connectivity index (χ0v) is 13.2. The van der Waals surface area contributed by atoms with Crippen LogP contribution >= 0.6 is 0 Å². The lowest BCUT2D eigenvalue weighted by atomic mass is 10.0. The fraction of sp³-hybridized carbons (Fsp3) is 0.368. The minimum absolute atomic E-state index is 0.427. The van der Waals surface area contributed by atoms with Gasteiger partial charge in [0.2, 0.25) is 0 Å². The Balaban J connectivity index is 1.89. The van der Waals surface area contributed by atoms with Crippen molar-refractivity contribution in [1.82, 2.24) is 5.32 Å². The summed E-state index contributed by atoms with van der Waals surface area (Å²) in [6.07, 6.45) is 2.11. The Hall–Kier alpha value is -1.80. The van der Waals surface area contributed by atoms with Crippen LogP contribution in [0.4, 0.5) is 0 Å². The molecule has 1 unspecified atom stereocenters. The summed E-state index contributed by atoms with van der Waals surface area (Å²) >= 11 is 0. The second kappa shape index (κ2) is 7.84. The van der Waals surface area contributed by atoms with Gasteiger partial charge in [-0.2, -0.15) is 0 Å². The third-order valence-corrected chi connectivity index (χ3v) is 3.83. The molecule has 2 nitrogen and oxygen atoms in total. The van der Waals surface area contributed by atoms with Crippen molar-refractivity contribution >= 4 is 0 Å². The third-order valence-electron chi connectivity index (χ3n) is 3.83. The molecule has 2 aromatic rings. The van der Waals surface area contributed by atoms with Gasteiger partial charge in [-0.25, -0.2) is 0 Å². The Labute approximate surface area is 128 Å². The Morgan fingerprint density at radius 2 is 1.86 bits per heavy atom. The first-order valence-electron chi connectivity index (χ1n) is 7.65. The topological polar surface area (TPSA) is 21.3 Å². The maximum absolute atomic E-state index is 5.26. The molecular formula is C19H25NO. The molecular weight excluding hydrogens is 258 g/mol. The zero-order valence-electron chi connectivity index (χ0n) is 13.2. The molecule has 0 spiro atoms. The summed E-state index contributed by atoms with van der Waals surface area (Å²) in [5.74, 6) is 0.929. The van der Waals surface area contributed by atoms with Gasteiger partial charge in [0, 0.05) is 6.04 Å². The number of rotatable bonds is 7. The maximum Gasteiger partial charge on any atom is 0.119 e. The minimum Gasteiger partial charge on any atom is -0.497 e. The van der Waals surface area contributed by atoms with Crippen LogP contribution in [0.1, 0.15) is 36.1 Å². The highest BCUT2D eigenvalue weighted by Gasteiger charge is 2.08. The Morgan fingerprint density at radius 3 is 2.52 bits per heavy atom. The van der Waals surface area contributed by atoms with E-state index in [1.54, 1.807) is 7.11 Å². The summed E-state index contributed by atoms with van der Waals surface area (Å²) in [6, 6.07) is 17.5. The van der Waals surface area contributed by atoms with Gasteiger partial charge in [-0.1, -0.05) is 48.9 Å². The largest absolute Gasteiger partial charge is 0.497 e. The normalized spacial score (nSPS) is 12.1. The fourth-order valence-corrected chi connectivity index (χ4v) is 2.52. The second-order valence-electron chi connectivity index (χ2n) is 5.43. The number of aryl methyl sites for hydroxylation is 1. The Morgan fingerprint density at radius 1 is 1.10 bits per heavy atom. The molecule has 0 heterocycles. The maximum atomic E-state index is 5.26. The van der Waals surface area contributed by atoms with Gasteiger partial charge in [0.05, 0.1) is 7.11 Å². The molecule has 0 saturated carbocycles. The van der Waals surface area contributed by atoms with Gasteiger partial charge in [0.15, 0.2) is 0 Å². The molecule has 1 atom stereocenters. The van der Waals surface area contributed by atoms with Gasteiger partial charge < -0.3 is 10.1 Å². The number of hydrogen-bond donors (Lipinski definition) is 1. The van der Waals surface area contributed by atoms with Gasteiger partial charge >= 0.3 is 0 Å². The van der Waals surface area contributed by atoms with E-state index in [1.807, 2.05) is 12.1 Å². The second-order valence-corrected chi connectivity index (χ2v) is 5.43. The molecule has 0 aromatic heterocycles. The monoisotopic (exact) mass is 283 g/mol. The molecule has 0 amide bonds. The molecule has 2 aromatic carbocycles. The Bertz CT molecular complexity index is 548. The van der Waals surface area contributed by atoms with Crippen molar-refractivity contribution in [2.24, 2.45) is 0 Å². The van der Waals surface area contributed by atoms with Gasteiger partial charge in [0.1, 0.15) is 5.75 Å². The SMILES string of the molecule is CCC(NCCc1cccc(OC)c1)c1ccc(C)cc1. The van der Waals surface area contributed by atoms with Crippen LogP contribution in [0.25, 0.3) is 0 Å². The van der Waals surface area contributed by atoms with Crippen LogP contribution in [0.3, 0.4) is 0 Å². The summed E-state index contributed by atoms with van der Waals surface area (Å²) in [5.41, 5.74) is 3.99. The molecule has 0 aliphatic carbocycles. The van der Waals surface area contributed by atoms with E-state index in [2.05, 4.69) is 55.6 Å². The van der Waals surface area contributed by atoms with Crippen molar-refractivity contribution in [2.75, 3.05) is 13.7 Å². The summed E-state index contributed by atoms with van der Waals surface area (Å²) in [6.45, 7) is 5.32. The number of benzene rings is 2. The van der Waals surface area contributed by atoms with E-state index in [4.69, 9.17) is 4.74 Å². The van der Waals surface area contributed by atoms with Gasteiger partial charge in [-0.3, -0.25) is 0 Å². The highest BCUT2D eigenvalue weighted by Crippen LogP contribution is 2.17. The van der Waals surface area contributed by atoms with Crippen molar-refractivity contribution in [2.45, 2.75) is 32.7 Å². The summed E-state index contributed by atoms with van der Waals surface area (Å²) in [5, 5.41) is 3.65. The van der Waals surface area contributed by atoms with Crippen LogP contribution in [0.2, 0.25) is 0 Å². The quantitative estimate of drug-likeness (QED) is 0.818. The average Bonchev–Trinajstić information content (AvgIpc) is 2.53. The summed E-state index contributed by atoms with van der Waals surface area (Å²) < 4.78 is 5.26. The van der Waals surface area contributed by atoms with Crippen LogP contribution in [-0.2, 0) is 6.42 Å². The van der Waals surface area contributed by atoms with Crippen LogP contribution in [0.5, 0.6) is 5.75 Å². The first-order valence-corrected chi connectivity index (χ1v) is 7.65. The van der Waals surface area contributed by atoms with Gasteiger partial charge in [-0.05, 0) is 49.6 Å². The molecule has 2 rings (SSSR count). The van der Waals surface area contributed by atoms with Gasteiger partial charge in [0.25, 0.3) is 0 Å². The predicted octanol–water partition coefficient (Wildman–Crippen LogP) is 4.29. The minimum atomic E-state index is 0.427. The molecule has 21 heavy (non-hydrogen) atoms. The fourth-order valence-electron chi connectivity index (χ4n) is 2.52. The smallest absolute Gasteiger partial charge is 0.119 e. The molecule has 0 radical (unpaired) electrons. The van der Waals surface area contributed by atoms with E-state index in [0.717, 1.165) is 25.1 Å². The molecule has 0 aliphatic heterocycles. The number of methoxy groups -OCH3 is 1. The molecule has 0 fully saturated rings. The van der Waals surface area contributed by atoms with E-state index >= 15 is 0 Å². The van der Waals surface area contributed by atoms with E-state index in [9.17, 15) is 0 Å². The standard InChI is InChI=1S/C19H25NO/c1-4-19(17-10-8-15(2)9-11-17)20-13-12-16-6-5-7-18(14-16)21-3/h5-11,14,19-20H,4,12-13H2,1-3H3. The third kappa shape index (κ3) is 4.61. The lowest BCUT2D eigenvalue weighted by Gasteiger charge is -2.18. The molecule has 2 heteroatoms. The van der Waals surface area contributed by atoms with Crippen molar-refractivity contribution < 1.29 is 4.74 Å². The molecule has 0 saturated heterocycles. The van der Waals surface area contributed by atoms with E-state index < -0.39 is 0 Å². The van der Waals surface area contributed by atoms with Crippen LogP contribution in [0, 0.1) is 6.92 Å². The Kier molecular flexibility index (Phi) is 5.82. The molecule has 1 N–H and O–H groups in total. The zero-order chi connectivity index (χ0) is 15.1. The number of hydrogen-bond acceptors (Lipinski definition) is 2. The first-order chi connectivity index (χ1) is 10.2. The first kappa shape index (κ1) is 15.6. The van der Waals surface area contributed by atoms with Crippen molar-refractivity contribution in [3.63, 3.8) is 0 Å². The van der Waals surface area contributed by atoms with Crippen LogP contribution in [-0.4, -0.2) is 13.7 Å². The predicted molar refractivity (Wildman–Crippen MR) is 88.9 cm³/mol. The van der Waals surface area contributed by atoms with Gasteiger partial charge in [-0.15, -0.1) is 0 Å². The van der Waals surface area contributed by atoms with E-state index in [1.165, 1.54) is 16.7 Å². The summed E-state index contributed by atoms with van der Waals surface area (Å²) in [4.78, 5) is 0. The van der Waals surface area contributed by atoms with Crippen molar-refractivity contribution in [3.8, 4) is 5.75 Å². The molecule has 0 bridgehead atoms. The van der Waals surface area contributed by atoms with Crippen LogP contribution in [0.15, 0.2) is 48.5 Å². The van der Waals surface area contributed by atoms with E-state index in [-0.39, 0.29) is 0 Å². The molecule has 112 valence electrons. The number of nitrogens with one attached hydrogen (secondary N) is 1. The lowest BCUT2D eigenvalue weighted by Crippen LogP contribution is -2.23. The van der Waals surface area contributed by atoms with Crippen molar-refractivity contribution in [3.05, 3.63) is 65.2 Å². The lowest BCUT2D eigenvalue weighted by molar-refractivity contribution is 0.414. The van der Waals surface area contributed by atoms with E-state index in [0.29, 0.717) is 6.04 Å². The van der Waals surface area contributed by atoms with Crippen molar-refractivity contribution in [1.29, 1.82) is 0 Å². The summed E-state index contributed by atoms with van der Waals surface area (Å²) in [7, 11) is 1.71. The highest BCUT2D eigenvalue weighted by molar-refractivity contribution is 5.28. The highest BCUT2D eigenvalue weighted by atomic mass is 16.5. The number of ether oxygens (including phenoxy) is 1. The van der Waals surface area contributed by atoms with Crippen LogP contribution < -0.4 is 10.1 Å². The molecule has 0 aliphatic rings.